The average Bonchev–Trinajstić information content (AvgIpc) is 2.55. The third-order valence-electron chi connectivity index (χ3n) is 3.20. The van der Waals surface area contributed by atoms with E-state index >= 15 is 0 Å². The van der Waals surface area contributed by atoms with Crippen LogP contribution in [0.3, 0.4) is 0 Å². The van der Waals surface area contributed by atoms with Crippen LogP contribution >= 0.6 is 0 Å². The molecule has 3 nitrogen and oxygen atoms in total. The molecule has 1 aliphatic carbocycles. The van der Waals surface area contributed by atoms with E-state index in [0.717, 1.165) is 12.8 Å². The Labute approximate surface area is 89.1 Å². The molecule has 0 radical (unpaired) electrons. The molecule has 2 N–H and O–H groups in total. The van der Waals surface area contributed by atoms with Gasteiger partial charge in [0.15, 0.2) is 0 Å². The molecule has 0 aliphatic heterocycles. The van der Waals surface area contributed by atoms with Gasteiger partial charge in [0.05, 0.1) is 6.42 Å². The molecule has 0 saturated heterocycles. The monoisotopic (exact) mass is 205 g/mol. The molecule has 15 heavy (non-hydrogen) atoms. The summed E-state index contributed by atoms with van der Waals surface area (Å²) in [5.41, 5.74) is 2.26. The van der Waals surface area contributed by atoms with Crippen molar-refractivity contribution in [2.75, 3.05) is 7.05 Å². The zero-order valence-electron chi connectivity index (χ0n) is 8.79. The lowest BCUT2D eigenvalue weighted by Crippen LogP contribution is -2.45. The summed E-state index contributed by atoms with van der Waals surface area (Å²) in [5.74, 6) is -0.739. The van der Waals surface area contributed by atoms with Gasteiger partial charge in [-0.15, -0.1) is 0 Å². The van der Waals surface area contributed by atoms with Gasteiger partial charge in [0.1, 0.15) is 0 Å². The van der Waals surface area contributed by atoms with Gasteiger partial charge in [-0.1, -0.05) is 24.3 Å². The van der Waals surface area contributed by atoms with Crippen molar-refractivity contribution in [1.82, 2.24) is 5.32 Å². The van der Waals surface area contributed by atoms with Gasteiger partial charge in [-0.2, -0.15) is 0 Å². The summed E-state index contributed by atoms with van der Waals surface area (Å²) >= 11 is 0. The highest BCUT2D eigenvalue weighted by Crippen LogP contribution is 2.32. The number of carbonyl (C=O) groups is 1. The molecule has 0 fully saturated rings. The van der Waals surface area contributed by atoms with E-state index in [1.807, 2.05) is 19.2 Å². The van der Waals surface area contributed by atoms with Crippen molar-refractivity contribution in [2.45, 2.75) is 24.8 Å². The van der Waals surface area contributed by atoms with Gasteiger partial charge >= 0.3 is 5.97 Å². The van der Waals surface area contributed by atoms with Crippen molar-refractivity contribution < 1.29 is 9.90 Å². The Morgan fingerprint density at radius 1 is 1.40 bits per heavy atom. The van der Waals surface area contributed by atoms with E-state index < -0.39 is 5.97 Å². The van der Waals surface area contributed by atoms with Crippen LogP contribution in [0.15, 0.2) is 24.3 Å². The van der Waals surface area contributed by atoms with Crippen LogP contribution < -0.4 is 5.32 Å². The lowest BCUT2D eigenvalue weighted by molar-refractivity contribution is -0.138. The van der Waals surface area contributed by atoms with E-state index in [-0.39, 0.29) is 12.0 Å². The molecule has 1 aromatic rings. The second-order valence-corrected chi connectivity index (χ2v) is 4.22. The Hall–Kier alpha value is -1.35. The molecule has 0 saturated carbocycles. The van der Waals surface area contributed by atoms with Crippen LogP contribution in [0.25, 0.3) is 0 Å². The largest absolute Gasteiger partial charge is 0.481 e. The first kappa shape index (κ1) is 10.2. The molecule has 2 rings (SSSR count). The van der Waals surface area contributed by atoms with Crippen molar-refractivity contribution in [2.24, 2.45) is 0 Å². The Morgan fingerprint density at radius 3 is 2.33 bits per heavy atom. The minimum Gasteiger partial charge on any atom is -0.481 e. The highest BCUT2D eigenvalue weighted by molar-refractivity contribution is 5.69. The fourth-order valence-corrected chi connectivity index (χ4v) is 2.37. The molecule has 0 atom stereocenters. The van der Waals surface area contributed by atoms with Crippen LogP contribution in [0, 0.1) is 0 Å². The predicted molar refractivity (Wildman–Crippen MR) is 57.9 cm³/mol. The number of nitrogens with one attached hydrogen (secondary N) is 1. The number of hydrogen-bond acceptors (Lipinski definition) is 2. The molecular weight excluding hydrogens is 190 g/mol. The third kappa shape index (κ3) is 1.88. The topological polar surface area (TPSA) is 49.3 Å². The van der Waals surface area contributed by atoms with E-state index in [1.54, 1.807) is 0 Å². The predicted octanol–water partition coefficient (Wildman–Crippen LogP) is 1.22. The lowest BCUT2D eigenvalue weighted by Gasteiger charge is -2.26. The van der Waals surface area contributed by atoms with Gasteiger partial charge in [-0.25, -0.2) is 0 Å². The van der Waals surface area contributed by atoms with Gasteiger partial charge in [0.2, 0.25) is 0 Å². The minimum absolute atomic E-state index is 0.179. The first-order valence-electron chi connectivity index (χ1n) is 5.13. The average molecular weight is 205 g/mol. The standard InChI is InChI=1S/C12H15NO2/c1-13-12(8-11(14)15)6-9-4-2-3-5-10(9)7-12/h2-5,13H,6-8H2,1H3,(H,14,15). The Bertz CT molecular complexity index is 362. The van der Waals surface area contributed by atoms with Crippen LogP contribution in [0.2, 0.25) is 0 Å². The Kier molecular flexibility index (Phi) is 2.49. The first-order chi connectivity index (χ1) is 7.15. The summed E-state index contributed by atoms with van der Waals surface area (Å²) in [6.45, 7) is 0. The summed E-state index contributed by atoms with van der Waals surface area (Å²) in [6.07, 6.45) is 1.80. The van der Waals surface area contributed by atoms with Crippen LogP contribution in [-0.2, 0) is 17.6 Å². The van der Waals surface area contributed by atoms with E-state index in [1.165, 1.54) is 11.1 Å². The molecule has 0 aromatic heterocycles. The molecule has 80 valence electrons. The minimum atomic E-state index is -0.739. The molecule has 0 unspecified atom stereocenters. The second-order valence-electron chi connectivity index (χ2n) is 4.22. The lowest BCUT2D eigenvalue weighted by atomic mass is 9.92. The highest BCUT2D eigenvalue weighted by Gasteiger charge is 2.37. The molecule has 1 aliphatic rings. The zero-order chi connectivity index (χ0) is 10.9. The number of carboxylic acids is 1. The summed E-state index contributed by atoms with van der Waals surface area (Å²) < 4.78 is 0. The van der Waals surface area contributed by atoms with Gasteiger partial charge in [-0.3, -0.25) is 4.79 Å². The van der Waals surface area contributed by atoms with Crippen LogP contribution in [0.4, 0.5) is 0 Å². The number of carboxylic acid groups (broad SMARTS) is 1. The summed E-state index contributed by atoms with van der Waals surface area (Å²) in [7, 11) is 1.84. The van der Waals surface area contributed by atoms with E-state index in [9.17, 15) is 4.79 Å². The number of fused-ring (bicyclic) bond motifs is 1. The summed E-state index contributed by atoms with van der Waals surface area (Å²) in [6, 6.07) is 8.17. The van der Waals surface area contributed by atoms with Crippen molar-refractivity contribution in [3.8, 4) is 0 Å². The molecule has 1 aromatic carbocycles. The van der Waals surface area contributed by atoms with Gasteiger partial charge in [0, 0.05) is 5.54 Å². The number of benzene rings is 1. The number of rotatable bonds is 3. The van der Waals surface area contributed by atoms with Gasteiger partial charge in [0.25, 0.3) is 0 Å². The molecule has 0 bridgehead atoms. The van der Waals surface area contributed by atoms with Gasteiger partial charge in [-0.05, 0) is 31.0 Å². The van der Waals surface area contributed by atoms with Crippen molar-refractivity contribution in [3.63, 3.8) is 0 Å². The Balaban J connectivity index is 2.25. The Morgan fingerprint density at radius 2 is 1.93 bits per heavy atom. The van der Waals surface area contributed by atoms with Crippen molar-refractivity contribution >= 4 is 5.97 Å². The molecular formula is C12H15NO2. The SMILES string of the molecule is CNC1(CC(=O)O)Cc2ccccc2C1. The molecule has 0 amide bonds. The van der Waals surface area contributed by atoms with Gasteiger partial charge < -0.3 is 10.4 Å². The maximum atomic E-state index is 10.8. The van der Waals surface area contributed by atoms with Crippen LogP contribution in [0.5, 0.6) is 0 Å². The second kappa shape index (κ2) is 3.66. The number of likely N-dealkylation sites (N-methyl/N-ethyl adjacent to an activating group) is 1. The van der Waals surface area contributed by atoms with E-state index in [2.05, 4.69) is 17.4 Å². The van der Waals surface area contributed by atoms with Crippen molar-refractivity contribution in [1.29, 1.82) is 0 Å². The number of aliphatic carboxylic acids is 1. The third-order valence-corrected chi connectivity index (χ3v) is 3.20. The van der Waals surface area contributed by atoms with E-state index in [4.69, 9.17) is 5.11 Å². The molecule has 3 heteroatoms. The van der Waals surface area contributed by atoms with Crippen LogP contribution in [-0.4, -0.2) is 23.7 Å². The van der Waals surface area contributed by atoms with Crippen LogP contribution in [0.1, 0.15) is 17.5 Å². The highest BCUT2D eigenvalue weighted by atomic mass is 16.4. The first-order valence-corrected chi connectivity index (χ1v) is 5.13. The fourth-order valence-electron chi connectivity index (χ4n) is 2.37. The quantitative estimate of drug-likeness (QED) is 0.780. The summed E-state index contributed by atoms with van der Waals surface area (Å²) in [5, 5.41) is 12.1. The fraction of sp³-hybridized carbons (Fsp3) is 0.417. The normalized spacial score (nSPS) is 17.4. The summed E-state index contributed by atoms with van der Waals surface area (Å²) in [4.78, 5) is 10.8. The van der Waals surface area contributed by atoms with Crippen molar-refractivity contribution in [3.05, 3.63) is 35.4 Å². The van der Waals surface area contributed by atoms with E-state index in [0.29, 0.717) is 0 Å². The maximum Gasteiger partial charge on any atom is 0.305 e. The molecule has 0 heterocycles. The zero-order valence-corrected chi connectivity index (χ0v) is 8.79. The maximum absolute atomic E-state index is 10.8. The smallest absolute Gasteiger partial charge is 0.305 e. The number of hydrogen-bond donors (Lipinski definition) is 2. The molecule has 0 spiro atoms.